The quantitative estimate of drug-likeness (QED) is 0.416. The van der Waals surface area contributed by atoms with Crippen LogP contribution in [0.15, 0.2) is 12.7 Å². The second-order valence-corrected chi connectivity index (χ2v) is 1.95. The molecule has 0 aliphatic heterocycles. The number of carboxylic acids is 1. The maximum atomic E-state index is 10.5. The van der Waals surface area contributed by atoms with Crippen molar-refractivity contribution in [2.75, 3.05) is 0 Å². The lowest BCUT2D eigenvalue weighted by Gasteiger charge is -2.12. The van der Waals surface area contributed by atoms with Crippen molar-refractivity contribution in [2.45, 2.75) is 12.5 Å². The van der Waals surface area contributed by atoms with E-state index in [9.17, 15) is 9.59 Å². The first-order valence-electron chi connectivity index (χ1n) is 2.55. The van der Waals surface area contributed by atoms with Crippen LogP contribution in [0.1, 0.15) is 6.92 Å². The summed E-state index contributed by atoms with van der Waals surface area (Å²) in [4.78, 5) is 20.6. The van der Waals surface area contributed by atoms with E-state index < -0.39 is 17.4 Å². The van der Waals surface area contributed by atoms with Crippen LogP contribution >= 0.6 is 0 Å². The fourth-order valence-corrected chi connectivity index (χ4v) is 0.304. The summed E-state index contributed by atoms with van der Waals surface area (Å²) in [5, 5.41) is 17.1. The van der Waals surface area contributed by atoms with Gasteiger partial charge in [-0.2, -0.15) is 0 Å². The van der Waals surface area contributed by atoms with Gasteiger partial charge < -0.3 is 10.2 Å². The molecule has 10 heavy (non-hydrogen) atoms. The van der Waals surface area contributed by atoms with E-state index in [1.807, 2.05) is 0 Å². The Balaban J connectivity index is 4.55. The SMILES string of the molecule is C=CC(=O)C(C)(O)C(=O)O. The molecule has 0 aromatic rings. The van der Waals surface area contributed by atoms with Crippen LogP contribution < -0.4 is 0 Å². The molecule has 0 saturated carbocycles. The van der Waals surface area contributed by atoms with Crippen molar-refractivity contribution >= 4 is 11.8 Å². The van der Waals surface area contributed by atoms with Crippen LogP contribution in [0.25, 0.3) is 0 Å². The third-order valence-electron chi connectivity index (χ3n) is 1.08. The van der Waals surface area contributed by atoms with Crippen LogP contribution in [0.4, 0.5) is 0 Å². The number of hydrogen-bond donors (Lipinski definition) is 2. The van der Waals surface area contributed by atoms with Gasteiger partial charge in [0.2, 0.25) is 5.60 Å². The second kappa shape index (κ2) is 2.62. The van der Waals surface area contributed by atoms with Gasteiger partial charge in [-0.3, -0.25) is 4.79 Å². The number of carbonyl (C=O) groups is 2. The minimum absolute atomic E-state index is 0.772. The highest BCUT2D eigenvalue weighted by molar-refractivity contribution is 6.10. The maximum Gasteiger partial charge on any atom is 0.343 e. The van der Waals surface area contributed by atoms with Crippen molar-refractivity contribution in [1.82, 2.24) is 0 Å². The van der Waals surface area contributed by atoms with Crippen LogP contribution in [0.5, 0.6) is 0 Å². The molecule has 2 N–H and O–H groups in total. The largest absolute Gasteiger partial charge is 0.479 e. The zero-order valence-electron chi connectivity index (χ0n) is 5.50. The number of aliphatic hydroxyl groups is 1. The lowest BCUT2D eigenvalue weighted by atomic mass is 10.0. The summed E-state index contributed by atoms with van der Waals surface area (Å²) in [5.74, 6) is -2.49. The molecule has 0 spiro atoms. The molecule has 0 radical (unpaired) electrons. The van der Waals surface area contributed by atoms with Crippen molar-refractivity contribution in [1.29, 1.82) is 0 Å². The molecule has 4 heteroatoms. The molecule has 0 heterocycles. The Kier molecular flexibility index (Phi) is 2.31. The Hall–Kier alpha value is -1.16. The fraction of sp³-hybridized carbons (Fsp3) is 0.333. The maximum absolute atomic E-state index is 10.5. The molecule has 1 unspecified atom stereocenters. The van der Waals surface area contributed by atoms with Crippen molar-refractivity contribution in [3.63, 3.8) is 0 Å². The van der Waals surface area contributed by atoms with E-state index in [1.165, 1.54) is 0 Å². The molecule has 0 aliphatic carbocycles. The van der Waals surface area contributed by atoms with Gasteiger partial charge in [-0.05, 0) is 13.0 Å². The molecule has 0 amide bonds. The zero-order chi connectivity index (χ0) is 8.36. The highest BCUT2D eigenvalue weighted by Crippen LogP contribution is 2.04. The fourth-order valence-electron chi connectivity index (χ4n) is 0.304. The van der Waals surface area contributed by atoms with Crippen molar-refractivity contribution < 1.29 is 19.8 Å². The number of aliphatic carboxylic acids is 1. The number of rotatable bonds is 3. The van der Waals surface area contributed by atoms with Crippen molar-refractivity contribution in [3.05, 3.63) is 12.7 Å². The Labute approximate surface area is 57.8 Å². The van der Waals surface area contributed by atoms with E-state index in [2.05, 4.69) is 6.58 Å². The average molecular weight is 144 g/mol. The molecular formula is C6H8O4. The topological polar surface area (TPSA) is 74.6 Å². The van der Waals surface area contributed by atoms with E-state index in [4.69, 9.17) is 10.2 Å². The van der Waals surface area contributed by atoms with Gasteiger partial charge in [0.25, 0.3) is 0 Å². The van der Waals surface area contributed by atoms with E-state index in [0.29, 0.717) is 0 Å². The van der Waals surface area contributed by atoms with Crippen molar-refractivity contribution in [2.24, 2.45) is 0 Å². The summed E-state index contributed by atoms with van der Waals surface area (Å²) in [5.41, 5.74) is -2.33. The standard InChI is InChI=1S/C6H8O4/c1-3-4(7)6(2,10)5(8)9/h3,10H,1H2,2H3,(H,8,9). The summed E-state index contributed by atoms with van der Waals surface area (Å²) >= 11 is 0. The van der Waals surface area contributed by atoms with Gasteiger partial charge in [-0.15, -0.1) is 0 Å². The first-order valence-corrected chi connectivity index (χ1v) is 2.55. The number of hydrogen-bond acceptors (Lipinski definition) is 3. The lowest BCUT2D eigenvalue weighted by Crippen LogP contribution is -2.42. The van der Waals surface area contributed by atoms with E-state index in [0.717, 1.165) is 13.0 Å². The van der Waals surface area contributed by atoms with Crippen LogP contribution in [0, 0.1) is 0 Å². The second-order valence-electron chi connectivity index (χ2n) is 1.95. The van der Waals surface area contributed by atoms with Gasteiger partial charge in [0.1, 0.15) is 0 Å². The molecule has 1 atom stereocenters. The molecule has 0 aromatic carbocycles. The highest BCUT2D eigenvalue weighted by atomic mass is 16.4. The molecule has 56 valence electrons. The molecular weight excluding hydrogens is 136 g/mol. The Morgan fingerprint density at radius 1 is 1.60 bits per heavy atom. The molecule has 0 aliphatic rings. The minimum atomic E-state index is -2.33. The molecule has 0 saturated heterocycles. The van der Waals surface area contributed by atoms with Gasteiger partial charge in [0, 0.05) is 0 Å². The van der Waals surface area contributed by atoms with E-state index >= 15 is 0 Å². The smallest absolute Gasteiger partial charge is 0.343 e. The zero-order valence-corrected chi connectivity index (χ0v) is 5.50. The monoisotopic (exact) mass is 144 g/mol. The van der Waals surface area contributed by atoms with Crippen LogP contribution in [0.3, 0.4) is 0 Å². The van der Waals surface area contributed by atoms with E-state index in [-0.39, 0.29) is 0 Å². The predicted octanol–water partition coefficient (Wildman–Crippen LogP) is -0.423. The number of carbonyl (C=O) groups excluding carboxylic acids is 1. The third kappa shape index (κ3) is 1.41. The van der Waals surface area contributed by atoms with E-state index in [1.54, 1.807) is 0 Å². The summed E-state index contributed by atoms with van der Waals surface area (Å²) in [6, 6.07) is 0. The normalized spacial score (nSPS) is 15.4. The highest BCUT2D eigenvalue weighted by Gasteiger charge is 2.36. The number of carboxylic acid groups (broad SMARTS) is 1. The Morgan fingerprint density at radius 3 is 2.10 bits per heavy atom. The average Bonchev–Trinajstić information content (AvgIpc) is 1.86. The molecule has 0 aromatic heterocycles. The number of ketones is 1. The van der Waals surface area contributed by atoms with Crippen LogP contribution in [-0.4, -0.2) is 27.6 Å². The van der Waals surface area contributed by atoms with Gasteiger partial charge in [0.15, 0.2) is 5.78 Å². The summed E-state index contributed by atoms with van der Waals surface area (Å²) in [6.45, 7) is 3.94. The molecule has 0 rings (SSSR count). The summed E-state index contributed by atoms with van der Waals surface area (Å²) in [7, 11) is 0. The summed E-state index contributed by atoms with van der Waals surface area (Å²) in [6.07, 6.45) is 0.772. The van der Waals surface area contributed by atoms with Crippen LogP contribution in [0.2, 0.25) is 0 Å². The van der Waals surface area contributed by atoms with Gasteiger partial charge >= 0.3 is 5.97 Å². The van der Waals surface area contributed by atoms with Gasteiger partial charge in [-0.1, -0.05) is 6.58 Å². The predicted molar refractivity (Wildman–Crippen MR) is 33.5 cm³/mol. The Morgan fingerprint density at radius 2 is 2.00 bits per heavy atom. The first kappa shape index (κ1) is 8.84. The van der Waals surface area contributed by atoms with Crippen molar-refractivity contribution in [3.8, 4) is 0 Å². The molecule has 0 bridgehead atoms. The van der Waals surface area contributed by atoms with Crippen LogP contribution in [-0.2, 0) is 9.59 Å². The summed E-state index contributed by atoms with van der Waals surface area (Å²) < 4.78 is 0. The van der Waals surface area contributed by atoms with Gasteiger partial charge in [-0.25, -0.2) is 4.79 Å². The lowest BCUT2D eigenvalue weighted by molar-refractivity contribution is -0.161. The third-order valence-corrected chi connectivity index (χ3v) is 1.08. The minimum Gasteiger partial charge on any atom is -0.479 e. The first-order chi connectivity index (χ1) is 4.42. The van der Waals surface area contributed by atoms with Gasteiger partial charge in [0.05, 0.1) is 0 Å². The Bertz CT molecular complexity index is 180. The molecule has 0 fully saturated rings. The molecule has 4 nitrogen and oxygen atoms in total.